The number of carbonyl (C=O) groups is 4. The number of piperazine rings is 1. The number of hydrogen-bond donors (Lipinski definition) is 7. The first-order valence-corrected chi connectivity index (χ1v) is 19.1. The molecule has 6 amide bonds. The van der Waals surface area contributed by atoms with Crippen LogP contribution < -0.4 is 42.8 Å². The number of nitrogens with one attached hydrogen (secondary N) is 5. The lowest BCUT2D eigenvalue weighted by molar-refractivity contribution is -0.118. The van der Waals surface area contributed by atoms with Crippen molar-refractivity contribution in [2.75, 3.05) is 52.4 Å². The molecule has 0 aromatic heterocycles. The van der Waals surface area contributed by atoms with Crippen molar-refractivity contribution < 1.29 is 32.3 Å². The summed E-state index contributed by atoms with van der Waals surface area (Å²) in [5.74, 6) is -1.07. The number of carbonyl (C=O) groups excluding carboxylic acids is 4. The van der Waals surface area contributed by atoms with Gasteiger partial charge in [-0.1, -0.05) is 11.6 Å². The molecule has 9 N–H and O–H groups in total. The summed E-state index contributed by atoms with van der Waals surface area (Å²) < 4.78 is 33.4. The maximum atomic E-state index is 13.5. The average Bonchev–Trinajstić information content (AvgIpc) is 3.47. The van der Waals surface area contributed by atoms with Crippen LogP contribution >= 0.6 is 11.6 Å². The Hall–Kier alpha value is -4.63. The lowest BCUT2D eigenvalue weighted by atomic mass is 10.0. The molecular weight excluding hydrogens is 714 g/mol. The molecule has 1 fully saturated rings. The van der Waals surface area contributed by atoms with E-state index < -0.39 is 39.0 Å². The van der Waals surface area contributed by atoms with Gasteiger partial charge in [0, 0.05) is 63.8 Å². The van der Waals surface area contributed by atoms with Crippen molar-refractivity contribution in [2.45, 2.75) is 60.8 Å². The number of rotatable bonds is 18. The zero-order valence-electron chi connectivity index (χ0n) is 28.8. The third-order valence-corrected chi connectivity index (χ3v) is 11.3. The van der Waals surface area contributed by atoms with E-state index >= 15 is 0 Å². The van der Waals surface area contributed by atoms with E-state index in [1.165, 1.54) is 24.3 Å². The molecule has 4 rings (SSSR count). The van der Waals surface area contributed by atoms with Crippen molar-refractivity contribution in [3.8, 4) is 11.8 Å². The standard InChI is InChI=1S/C34H46ClN9O7S/c35-23-18-22(21-36)26-20-28(44-16-14-39-15-17-44)31(27(26)19-23)51-24-5-7-25(8-6-24)52(49,50)29(32(38)46)9-13-43-34(48)41-11-2-1-10-40-33(47)42-12-3-4-30(37)45/h5-8,18-19,28-29,31,39H,1-4,9-17,20H2,(H2,37,45)(H2,38,46)(H2,40,42,47)(H2,41,43,48)/t28-,29?,31-/m0/s1. The molecular formula is C34H46ClN9O7S. The fourth-order valence-electron chi connectivity index (χ4n) is 6.27. The first kappa shape index (κ1) is 40.1. The lowest BCUT2D eigenvalue weighted by Crippen LogP contribution is -2.50. The molecule has 0 radical (unpaired) electrons. The molecule has 1 unspecified atom stereocenters. The van der Waals surface area contributed by atoms with Gasteiger partial charge >= 0.3 is 12.1 Å². The maximum Gasteiger partial charge on any atom is 0.314 e. The monoisotopic (exact) mass is 759 g/mol. The summed E-state index contributed by atoms with van der Waals surface area (Å²) in [5, 5.41) is 22.4. The van der Waals surface area contributed by atoms with Crippen molar-refractivity contribution in [2.24, 2.45) is 11.5 Å². The van der Waals surface area contributed by atoms with Gasteiger partial charge in [0.2, 0.25) is 11.8 Å². The van der Waals surface area contributed by atoms with Crippen molar-refractivity contribution in [1.82, 2.24) is 31.5 Å². The number of amides is 6. The summed E-state index contributed by atoms with van der Waals surface area (Å²) in [6.07, 6.45) is 1.71. The number of sulfone groups is 1. The molecule has 18 heteroatoms. The van der Waals surface area contributed by atoms with Crippen LogP contribution in [0, 0.1) is 11.3 Å². The minimum absolute atomic E-state index is 0.0578. The van der Waals surface area contributed by atoms with Crippen molar-refractivity contribution >= 4 is 45.3 Å². The number of fused-ring (bicyclic) bond motifs is 1. The van der Waals surface area contributed by atoms with E-state index in [1.807, 2.05) is 6.07 Å². The second-order valence-electron chi connectivity index (χ2n) is 12.6. The Morgan fingerprint density at radius 2 is 1.54 bits per heavy atom. The van der Waals surface area contributed by atoms with E-state index in [0.717, 1.165) is 37.3 Å². The van der Waals surface area contributed by atoms with Crippen molar-refractivity contribution in [1.29, 1.82) is 5.26 Å². The SMILES string of the molecule is N#Cc1cc(Cl)cc2c1C[C@H](N1CCNCC1)[C@H]2Oc1ccc(S(=O)(=O)C(CCNC(=O)NCCCCNC(=O)NCCCC(N)=O)C(N)=O)cc1. The first-order valence-electron chi connectivity index (χ1n) is 17.2. The Morgan fingerprint density at radius 1 is 0.942 bits per heavy atom. The quantitative estimate of drug-likeness (QED) is 0.105. The number of ether oxygens (including phenoxy) is 1. The fourth-order valence-corrected chi connectivity index (χ4v) is 8.07. The van der Waals surface area contributed by atoms with Gasteiger partial charge in [0.25, 0.3) is 0 Å². The Kier molecular flexibility index (Phi) is 14.9. The Labute approximate surface area is 308 Å². The number of primary amides is 2. The van der Waals surface area contributed by atoms with E-state index in [9.17, 15) is 32.9 Å². The molecule has 0 spiro atoms. The Morgan fingerprint density at radius 3 is 2.12 bits per heavy atom. The van der Waals surface area contributed by atoms with Crippen LogP contribution in [-0.4, -0.2) is 101 Å². The molecule has 1 aliphatic heterocycles. The van der Waals surface area contributed by atoms with Crippen molar-refractivity contribution in [3.63, 3.8) is 0 Å². The zero-order chi connectivity index (χ0) is 37.7. The first-order chi connectivity index (χ1) is 24.9. The van der Waals surface area contributed by atoms with Crippen molar-refractivity contribution in [3.05, 3.63) is 58.1 Å². The summed E-state index contributed by atoms with van der Waals surface area (Å²) in [6, 6.07) is 10.5. The molecule has 52 heavy (non-hydrogen) atoms. The third-order valence-electron chi connectivity index (χ3n) is 8.92. The Balaban J connectivity index is 1.27. The number of unbranched alkanes of at least 4 members (excludes halogenated alkanes) is 1. The summed E-state index contributed by atoms with van der Waals surface area (Å²) in [6.45, 7) is 4.13. The predicted octanol–water partition coefficient (Wildman–Crippen LogP) is 0.823. The van der Waals surface area contributed by atoms with Gasteiger partial charge in [-0.25, -0.2) is 18.0 Å². The highest BCUT2D eigenvalue weighted by atomic mass is 35.5. The number of benzene rings is 2. The largest absolute Gasteiger partial charge is 0.484 e. The molecule has 1 saturated heterocycles. The average molecular weight is 760 g/mol. The Bertz CT molecular complexity index is 1730. The highest BCUT2D eigenvalue weighted by molar-refractivity contribution is 7.92. The van der Waals surface area contributed by atoms with Gasteiger partial charge in [0.15, 0.2) is 9.84 Å². The zero-order valence-corrected chi connectivity index (χ0v) is 30.4. The minimum atomic E-state index is -4.21. The molecule has 2 aliphatic rings. The van der Waals surface area contributed by atoms with Gasteiger partial charge < -0.3 is 42.8 Å². The molecule has 2 aromatic rings. The third kappa shape index (κ3) is 11.2. The van der Waals surface area contributed by atoms with Crippen LogP contribution in [-0.2, 0) is 25.8 Å². The summed E-state index contributed by atoms with van der Waals surface area (Å²) >= 11 is 6.37. The summed E-state index contributed by atoms with van der Waals surface area (Å²) in [7, 11) is -4.21. The molecule has 0 bridgehead atoms. The summed E-state index contributed by atoms with van der Waals surface area (Å²) in [5.41, 5.74) is 12.8. The van der Waals surface area contributed by atoms with Gasteiger partial charge in [-0.05, 0) is 79.6 Å². The number of hydrogen-bond acceptors (Lipinski definition) is 10. The molecule has 16 nitrogen and oxygen atoms in total. The van der Waals surface area contributed by atoms with Gasteiger partial charge in [0.05, 0.1) is 22.6 Å². The van der Waals surface area contributed by atoms with Crippen LogP contribution in [0.3, 0.4) is 0 Å². The highest BCUT2D eigenvalue weighted by Gasteiger charge is 2.40. The summed E-state index contributed by atoms with van der Waals surface area (Å²) in [4.78, 5) is 49.1. The van der Waals surface area contributed by atoms with Crippen LogP contribution in [0.1, 0.15) is 54.9 Å². The van der Waals surface area contributed by atoms with Crippen LogP contribution in [0.25, 0.3) is 0 Å². The molecule has 282 valence electrons. The lowest BCUT2D eigenvalue weighted by Gasteiger charge is -2.36. The number of nitrogens with two attached hydrogens (primary N) is 2. The van der Waals surface area contributed by atoms with Crippen LogP contribution in [0.15, 0.2) is 41.3 Å². The fraction of sp³-hybridized carbons (Fsp3) is 0.500. The minimum Gasteiger partial charge on any atom is -0.484 e. The topological polar surface area (TPSA) is 251 Å². The molecule has 3 atom stereocenters. The molecule has 1 heterocycles. The van der Waals surface area contributed by atoms with Gasteiger partial charge in [0.1, 0.15) is 17.1 Å². The van der Waals surface area contributed by atoms with E-state index in [1.54, 1.807) is 6.07 Å². The number of halogens is 1. The predicted molar refractivity (Wildman–Crippen MR) is 193 cm³/mol. The molecule has 0 saturated carbocycles. The second-order valence-corrected chi connectivity index (χ2v) is 15.1. The number of nitriles is 1. The molecule has 1 aliphatic carbocycles. The van der Waals surface area contributed by atoms with E-state index in [2.05, 4.69) is 37.6 Å². The number of nitrogens with zero attached hydrogens (tertiary/aromatic N) is 2. The smallest absolute Gasteiger partial charge is 0.314 e. The second kappa shape index (κ2) is 19.3. The normalized spacial score (nSPS) is 17.6. The van der Waals surface area contributed by atoms with E-state index in [0.29, 0.717) is 61.7 Å². The highest BCUT2D eigenvalue weighted by Crippen LogP contribution is 2.41. The van der Waals surface area contributed by atoms with E-state index in [4.69, 9.17) is 27.8 Å². The van der Waals surface area contributed by atoms with Crippen LogP contribution in [0.5, 0.6) is 5.75 Å². The van der Waals surface area contributed by atoms with E-state index in [-0.39, 0.29) is 36.4 Å². The van der Waals surface area contributed by atoms with Crippen LogP contribution in [0.4, 0.5) is 9.59 Å². The molecule has 2 aromatic carbocycles. The number of urea groups is 2. The van der Waals surface area contributed by atoms with Gasteiger partial charge in [-0.3, -0.25) is 14.5 Å². The van der Waals surface area contributed by atoms with Gasteiger partial charge in [-0.2, -0.15) is 5.26 Å². The van der Waals surface area contributed by atoms with Crippen LogP contribution in [0.2, 0.25) is 5.02 Å². The maximum absolute atomic E-state index is 13.5. The van der Waals surface area contributed by atoms with Gasteiger partial charge in [-0.15, -0.1) is 0 Å².